The molecule has 0 bridgehead atoms. The number of hydrogen-bond donors (Lipinski definition) is 1. The van der Waals surface area contributed by atoms with Gasteiger partial charge in [0.15, 0.2) is 5.49 Å². The fourth-order valence-corrected chi connectivity index (χ4v) is 3.13. The number of nitrogens with zero attached hydrogens (tertiary/aromatic N) is 3. The molecule has 4 rings (SSSR count). The van der Waals surface area contributed by atoms with Crippen LogP contribution in [-0.4, -0.2) is 23.1 Å². The zero-order valence-electron chi connectivity index (χ0n) is 12.8. The molecule has 116 valence electrons. The standard InChI is InChI=1S/C18H17N3O2/c1-23-15-7-2-4-12(8-15)17(22)10-14-6-3-5-13-9-16-18(21(13)14)20-11-19-16/h2-9,11,14,17,22H,10H2,1H3. The molecule has 0 amide bonds. The van der Waals surface area contributed by atoms with Crippen molar-refractivity contribution in [3.05, 3.63) is 58.9 Å². The molecule has 0 fully saturated rings. The summed E-state index contributed by atoms with van der Waals surface area (Å²) in [5, 5.41) is 11.7. The summed E-state index contributed by atoms with van der Waals surface area (Å²) in [7, 11) is 1.63. The van der Waals surface area contributed by atoms with Crippen LogP contribution < -0.4 is 15.6 Å². The third-order valence-corrected chi connectivity index (χ3v) is 4.27. The number of aliphatic hydroxyl groups excluding tert-OH is 1. The summed E-state index contributed by atoms with van der Waals surface area (Å²) < 4.78 is 7.36. The second-order valence-electron chi connectivity index (χ2n) is 5.67. The zero-order chi connectivity index (χ0) is 15.8. The minimum absolute atomic E-state index is 0.0467. The summed E-state index contributed by atoms with van der Waals surface area (Å²) in [6.07, 6.45) is 7.72. The first-order chi connectivity index (χ1) is 11.3. The maximum atomic E-state index is 10.6. The second-order valence-corrected chi connectivity index (χ2v) is 5.67. The van der Waals surface area contributed by atoms with E-state index in [-0.39, 0.29) is 6.04 Å². The number of aliphatic imine (C=N–C) groups is 1. The first kappa shape index (κ1) is 14.0. The molecule has 0 spiro atoms. The molecule has 0 saturated heterocycles. The van der Waals surface area contributed by atoms with Gasteiger partial charge in [0.2, 0.25) is 0 Å². The lowest BCUT2D eigenvalue weighted by Gasteiger charge is -2.22. The lowest BCUT2D eigenvalue weighted by Crippen LogP contribution is -2.32. The second kappa shape index (κ2) is 5.52. The Bertz CT molecular complexity index is 924. The van der Waals surface area contributed by atoms with Gasteiger partial charge in [0.05, 0.1) is 19.3 Å². The number of rotatable bonds is 4. The average molecular weight is 307 g/mol. The van der Waals surface area contributed by atoms with Crippen LogP contribution in [0.1, 0.15) is 24.1 Å². The fraction of sp³-hybridized carbons (Fsp3) is 0.222. The van der Waals surface area contributed by atoms with Crippen molar-refractivity contribution in [3.8, 4) is 5.75 Å². The van der Waals surface area contributed by atoms with Crippen molar-refractivity contribution in [3.63, 3.8) is 0 Å². The van der Waals surface area contributed by atoms with Crippen LogP contribution in [-0.2, 0) is 0 Å². The molecule has 0 saturated carbocycles. The van der Waals surface area contributed by atoms with Gasteiger partial charge in [0.1, 0.15) is 17.8 Å². The maximum Gasteiger partial charge on any atom is 0.161 e. The minimum Gasteiger partial charge on any atom is -0.497 e. The first-order valence-electron chi connectivity index (χ1n) is 7.58. The Kier molecular flexibility index (Phi) is 3.35. The number of aromatic nitrogens is 1. The van der Waals surface area contributed by atoms with Crippen LogP contribution >= 0.6 is 0 Å². The molecule has 2 atom stereocenters. The van der Waals surface area contributed by atoms with E-state index in [9.17, 15) is 5.11 Å². The minimum atomic E-state index is -0.578. The molecule has 2 aromatic rings. The van der Waals surface area contributed by atoms with E-state index < -0.39 is 6.10 Å². The highest BCUT2D eigenvalue weighted by Crippen LogP contribution is 2.27. The SMILES string of the molecule is COc1cccc(C(O)CC2C=CC=c3cc4c(n32)=NC=N4)c1. The monoisotopic (exact) mass is 307 g/mol. The van der Waals surface area contributed by atoms with Gasteiger partial charge in [-0.05, 0) is 29.8 Å². The molecule has 5 heteroatoms. The largest absolute Gasteiger partial charge is 0.497 e. The first-order valence-corrected chi connectivity index (χ1v) is 7.58. The molecular formula is C18H17N3O2. The highest BCUT2D eigenvalue weighted by molar-refractivity contribution is 5.66. The number of aliphatic hydroxyl groups is 1. The third-order valence-electron chi connectivity index (χ3n) is 4.27. The van der Waals surface area contributed by atoms with Crippen LogP contribution in [0.4, 0.5) is 5.69 Å². The van der Waals surface area contributed by atoms with Crippen molar-refractivity contribution >= 4 is 18.1 Å². The maximum absolute atomic E-state index is 10.6. The predicted molar refractivity (Wildman–Crippen MR) is 88.6 cm³/mol. The topological polar surface area (TPSA) is 59.1 Å². The van der Waals surface area contributed by atoms with Crippen molar-refractivity contribution < 1.29 is 9.84 Å². The average Bonchev–Trinajstić information content (AvgIpc) is 3.16. The summed E-state index contributed by atoms with van der Waals surface area (Å²) in [4.78, 5) is 8.61. The zero-order valence-corrected chi connectivity index (χ0v) is 12.8. The molecule has 3 heterocycles. The summed E-state index contributed by atoms with van der Waals surface area (Å²) in [5.41, 5.74) is 2.61. The highest BCUT2D eigenvalue weighted by atomic mass is 16.5. The Balaban J connectivity index is 1.64. The molecule has 0 aliphatic carbocycles. The van der Waals surface area contributed by atoms with E-state index in [1.807, 2.05) is 42.5 Å². The van der Waals surface area contributed by atoms with E-state index in [1.54, 1.807) is 13.4 Å². The van der Waals surface area contributed by atoms with Gasteiger partial charge in [-0.3, -0.25) is 0 Å². The molecule has 0 radical (unpaired) electrons. The van der Waals surface area contributed by atoms with E-state index in [0.717, 1.165) is 27.8 Å². The van der Waals surface area contributed by atoms with Crippen molar-refractivity contribution in [2.24, 2.45) is 9.98 Å². The highest BCUT2D eigenvalue weighted by Gasteiger charge is 2.21. The Morgan fingerprint density at radius 3 is 3.13 bits per heavy atom. The van der Waals surface area contributed by atoms with Gasteiger partial charge >= 0.3 is 0 Å². The number of ether oxygens (including phenoxy) is 1. The molecule has 2 aliphatic heterocycles. The lowest BCUT2D eigenvalue weighted by molar-refractivity contribution is 0.152. The number of fused-ring (bicyclic) bond motifs is 3. The van der Waals surface area contributed by atoms with Gasteiger partial charge in [0, 0.05) is 11.8 Å². The van der Waals surface area contributed by atoms with Gasteiger partial charge in [-0.15, -0.1) is 0 Å². The molecular weight excluding hydrogens is 290 g/mol. The van der Waals surface area contributed by atoms with Crippen LogP contribution in [0.15, 0.2) is 52.5 Å². The van der Waals surface area contributed by atoms with E-state index >= 15 is 0 Å². The molecule has 5 nitrogen and oxygen atoms in total. The lowest BCUT2D eigenvalue weighted by atomic mass is 10.0. The quantitative estimate of drug-likeness (QED) is 0.936. The van der Waals surface area contributed by atoms with Crippen molar-refractivity contribution in [2.45, 2.75) is 18.6 Å². The molecule has 1 N–H and O–H groups in total. The van der Waals surface area contributed by atoms with Crippen molar-refractivity contribution in [1.82, 2.24) is 4.57 Å². The van der Waals surface area contributed by atoms with Crippen LogP contribution in [0, 0.1) is 0 Å². The van der Waals surface area contributed by atoms with Crippen LogP contribution in [0.25, 0.3) is 6.08 Å². The Hall–Kier alpha value is -2.66. The molecule has 1 aromatic heterocycles. The van der Waals surface area contributed by atoms with Crippen LogP contribution in [0.5, 0.6) is 5.75 Å². The third kappa shape index (κ3) is 2.39. The number of benzene rings is 1. The van der Waals surface area contributed by atoms with Gasteiger partial charge in [-0.2, -0.15) is 0 Å². The summed E-state index contributed by atoms with van der Waals surface area (Å²) >= 11 is 0. The van der Waals surface area contributed by atoms with Crippen molar-refractivity contribution in [1.29, 1.82) is 0 Å². The number of allylic oxidation sites excluding steroid dienone is 2. The summed E-state index contributed by atoms with van der Waals surface area (Å²) in [5.74, 6) is 0.750. The van der Waals surface area contributed by atoms with E-state index in [1.165, 1.54) is 0 Å². The van der Waals surface area contributed by atoms with Crippen LogP contribution in [0.2, 0.25) is 0 Å². The van der Waals surface area contributed by atoms with Gasteiger partial charge in [0.25, 0.3) is 0 Å². The molecule has 1 aromatic carbocycles. The van der Waals surface area contributed by atoms with Crippen molar-refractivity contribution in [2.75, 3.05) is 7.11 Å². The van der Waals surface area contributed by atoms with Crippen LogP contribution in [0.3, 0.4) is 0 Å². The molecule has 2 unspecified atom stereocenters. The van der Waals surface area contributed by atoms with E-state index in [2.05, 4.69) is 20.6 Å². The summed E-state index contributed by atoms with van der Waals surface area (Å²) in [6.45, 7) is 0. The smallest absolute Gasteiger partial charge is 0.161 e. The predicted octanol–water partition coefficient (Wildman–Crippen LogP) is 1.80. The Morgan fingerprint density at radius 2 is 2.26 bits per heavy atom. The number of hydrogen-bond acceptors (Lipinski definition) is 4. The Morgan fingerprint density at radius 1 is 1.35 bits per heavy atom. The Labute approximate surface area is 133 Å². The van der Waals surface area contributed by atoms with Gasteiger partial charge in [-0.1, -0.05) is 24.3 Å². The number of methoxy groups -OCH3 is 1. The summed E-state index contributed by atoms with van der Waals surface area (Å²) in [6, 6.07) is 9.63. The van der Waals surface area contributed by atoms with E-state index in [4.69, 9.17) is 4.74 Å². The van der Waals surface area contributed by atoms with E-state index in [0.29, 0.717) is 6.42 Å². The van der Waals surface area contributed by atoms with Gasteiger partial charge < -0.3 is 14.4 Å². The normalized spacial score (nSPS) is 18.8. The molecule has 23 heavy (non-hydrogen) atoms. The van der Waals surface area contributed by atoms with Gasteiger partial charge in [-0.25, -0.2) is 9.98 Å². The fourth-order valence-electron chi connectivity index (χ4n) is 3.13. The molecule has 2 aliphatic rings.